The number of aliphatic carboxylic acids is 1. The molecule has 0 bridgehead atoms. The van der Waals surface area contributed by atoms with Crippen LogP contribution in [0.5, 0.6) is 0 Å². The normalized spacial score (nSPS) is 20.8. The van der Waals surface area contributed by atoms with Crippen molar-refractivity contribution in [3.05, 3.63) is 29.8 Å². The Morgan fingerprint density at radius 1 is 1.26 bits per heavy atom. The van der Waals surface area contributed by atoms with E-state index in [1.54, 1.807) is 12.1 Å². The number of carboxylic acid groups (broad SMARTS) is 1. The Bertz CT molecular complexity index is 534. The Morgan fingerprint density at radius 2 is 1.89 bits per heavy atom. The summed E-state index contributed by atoms with van der Waals surface area (Å²) in [6.45, 7) is 0.679. The van der Waals surface area contributed by atoms with Crippen LogP contribution in [-0.2, 0) is 15.0 Å². The number of hydrazine groups is 1. The third kappa shape index (κ3) is 1.77. The van der Waals surface area contributed by atoms with Gasteiger partial charge in [0.2, 0.25) is 5.91 Å². The lowest BCUT2D eigenvalue weighted by Gasteiger charge is -2.26. The summed E-state index contributed by atoms with van der Waals surface area (Å²) in [5, 5.41) is 12.8. The number of carboxylic acids is 1. The highest BCUT2D eigenvalue weighted by molar-refractivity contribution is 5.85. The zero-order valence-electron chi connectivity index (χ0n) is 10.8. The Kier molecular flexibility index (Phi) is 2.52. The molecule has 0 radical (unpaired) electrons. The van der Waals surface area contributed by atoms with Crippen LogP contribution in [0.1, 0.15) is 24.8 Å². The average Bonchev–Trinajstić information content (AvgIpc) is 3.15. The van der Waals surface area contributed by atoms with Gasteiger partial charge in [0.1, 0.15) is 0 Å². The smallest absolute Gasteiger partial charge is 0.314 e. The lowest BCUT2D eigenvalue weighted by Crippen LogP contribution is -2.35. The number of rotatable bonds is 3. The van der Waals surface area contributed by atoms with Gasteiger partial charge in [-0.15, -0.1) is 0 Å². The van der Waals surface area contributed by atoms with Crippen molar-refractivity contribution in [3.63, 3.8) is 0 Å². The number of nitrogens with zero attached hydrogens (tertiary/aromatic N) is 2. The Labute approximate surface area is 111 Å². The van der Waals surface area contributed by atoms with E-state index in [0.717, 1.165) is 11.3 Å². The van der Waals surface area contributed by atoms with Gasteiger partial charge in [-0.25, -0.2) is 0 Å². The van der Waals surface area contributed by atoms with Crippen molar-refractivity contribution in [2.45, 2.75) is 24.7 Å². The second-order valence-electron chi connectivity index (χ2n) is 5.22. The Morgan fingerprint density at radius 3 is 2.32 bits per heavy atom. The monoisotopic (exact) mass is 260 g/mol. The minimum atomic E-state index is -0.742. The highest BCUT2D eigenvalue weighted by Gasteiger charge is 2.51. The summed E-state index contributed by atoms with van der Waals surface area (Å²) in [6, 6.07) is 7.53. The SMILES string of the molecule is CN1C(=O)CCN1c1ccc(C2(C(=O)O)CC2)cc1. The molecular weight excluding hydrogens is 244 g/mol. The minimum Gasteiger partial charge on any atom is -0.481 e. The molecule has 0 spiro atoms. The van der Waals surface area contributed by atoms with Gasteiger partial charge in [0.15, 0.2) is 0 Å². The molecule has 100 valence electrons. The maximum absolute atomic E-state index is 11.5. The molecule has 1 aromatic rings. The van der Waals surface area contributed by atoms with Crippen molar-refractivity contribution in [3.8, 4) is 0 Å². The number of amides is 1. The summed E-state index contributed by atoms with van der Waals surface area (Å²) >= 11 is 0. The molecule has 2 aliphatic rings. The molecule has 0 aromatic heterocycles. The zero-order chi connectivity index (χ0) is 13.6. The van der Waals surface area contributed by atoms with Crippen LogP contribution in [-0.4, -0.2) is 35.6 Å². The van der Waals surface area contributed by atoms with Crippen LogP contribution in [0.25, 0.3) is 0 Å². The van der Waals surface area contributed by atoms with Crippen LogP contribution in [0.2, 0.25) is 0 Å². The van der Waals surface area contributed by atoms with Crippen molar-refractivity contribution in [1.29, 1.82) is 0 Å². The number of hydrogen-bond donors (Lipinski definition) is 1. The third-order valence-electron chi connectivity index (χ3n) is 4.14. The molecule has 1 aromatic carbocycles. The molecule has 5 heteroatoms. The van der Waals surface area contributed by atoms with Crippen LogP contribution in [0.4, 0.5) is 5.69 Å². The largest absolute Gasteiger partial charge is 0.481 e. The predicted molar refractivity (Wildman–Crippen MR) is 69.7 cm³/mol. The fourth-order valence-corrected chi connectivity index (χ4v) is 2.65. The molecular formula is C14H16N2O3. The van der Waals surface area contributed by atoms with E-state index in [2.05, 4.69) is 0 Å². The number of carbonyl (C=O) groups is 2. The van der Waals surface area contributed by atoms with Gasteiger partial charge in [0.05, 0.1) is 11.1 Å². The fraction of sp³-hybridized carbons (Fsp3) is 0.429. The van der Waals surface area contributed by atoms with Crippen LogP contribution < -0.4 is 5.01 Å². The van der Waals surface area contributed by atoms with Crippen molar-refractivity contribution in [2.24, 2.45) is 0 Å². The first-order valence-electron chi connectivity index (χ1n) is 6.42. The van der Waals surface area contributed by atoms with Gasteiger partial charge in [0.25, 0.3) is 0 Å². The molecule has 5 nitrogen and oxygen atoms in total. The van der Waals surface area contributed by atoms with Gasteiger partial charge in [0, 0.05) is 20.0 Å². The molecule has 1 heterocycles. The Balaban J connectivity index is 1.84. The molecule has 3 rings (SSSR count). The summed E-state index contributed by atoms with van der Waals surface area (Å²) in [6.07, 6.45) is 1.95. The minimum absolute atomic E-state index is 0.105. The zero-order valence-corrected chi connectivity index (χ0v) is 10.8. The standard InChI is InChI=1S/C14H16N2O3/c1-15-12(17)6-9-16(15)11-4-2-10(3-5-11)14(7-8-14)13(18)19/h2-5H,6-9H2,1H3,(H,18,19). The van der Waals surface area contributed by atoms with Gasteiger partial charge < -0.3 is 5.11 Å². The fourth-order valence-electron chi connectivity index (χ4n) is 2.65. The van der Waals surface area contributed by atoms with Gasteiger partial charge in [-0.2, -0.15) is 0 Å². The van der Waals surface area contributed by atoms with E-state index in [9.17, 15) is 14.7 Å². The van der Waals surface area contributed by atoms with E-state index in [0.29, 0.717) is 25.8 Å². The number of carbonyl (C=O) groups excluding carboxylic acids is 1. The maximum Gasteiger partial charge on any atom is 0.314 e. The predicted octanol–water partition coefficient (Wildman–Crippen LogP) is 1.39. The second kappa shape index (κ2) is 3.98. The third-order valence-corrected chi connectivity index (χ3v) is 4.14. The van der Waals surface area contributed by atoms with Crippen LogP contribution in [0, 0.1) is 0 Å². The summed E-state index contributed by atoms with van der Waals surface area (Å²) in [7, 11) is 1.75. The number of benzene rings is 1. The number of anilines is 1. The van der Waals surface area contributed by atoms with Crippen LogP contribution in [0.3, 0.4) is 0 Å². The topological polar surface area (TPSA) is 60.9 Å². The first-order chi connectivity index (χ1) is 9.04. The van der Waals surface area contributed by atoms with E-state index < -0.39 is 11.4 Å². The molecule has 19 heavy (non-hydrogen) atoms. The van der Waals surface area contributed by atoms with Crippen molar-refractivity contribution >= 4 is 17.6 Å². The van der Waals surface area contributed by atoms with Gasteiger partial charge in [-0.3, -0.25) is 19.6 Å². The van der Waals surface area contributed by atoms with Gasteiger partial charge >= 0.3 is 5.97 Å². The van der Waals surface area contributed by atoms with E-state index in [1.165, 1.54) is 0 Å². The lowest BCUT2D eigenvalue weighted by atomic mass is 9.96. The highest BCUT2D eigenvalue weighted by atomic mass is 16.4. The molecule has 0 unspecified atom stereocenters. The van der Waals surface area contributed by atoms with Gasteiger partial charge in [-0.1, -0.05) is 12.1 Å². The van der Waals surface area contributed by atoms with E-state index in [1.807, 2.05) is 29.3 Å². The van der Waals surface area contributed by atoms with Crippen molar-refractivity contribution < 1.29 is 14.7 Å². The molecule has 1 saturated heterocycles. The molecule has 1 aliphatic carbocycles. The summed E-state index contributed by atoms with van der Waals surface area (Å²) in [4.78, 5) is 22.7. The maximum atomic E-state index is 11.5. The van der Waals surface area contributed by atoms with E-state index in [4.69, 9.17) is 0 Å². The molecule has 1 N–H and O–H groups in total. The summed E-state index contributed by atoms with van der Waals surface area (Å²) in [5.41, 5.74) is 1.13. The van der Waals surface area contributed by atoms with Gasteiger partial charge in [-0.05, 0) is 30.5 Å². The Hall–Kier alpha value is -2.04. The summed E-state index contributed by atoms with van der Waals surface area (Å²) in [5.74, 6) is -0.637. The van der Waals surface area contributed by atoms with E-state index >= 15 is 0 Å². The molecule has 1 aliphatic heterocycles. The number of hydrogen-bond acceptors (Lipinski definition) is 3. The first-order valence-corrected chi connectivity index (χ1v) is 6.42. The molecule has 2 fully saturated rings. The highest BCUT2D eigenvalue weighted by Crippen LogP contribution is 2.48. The van der Waals surface area contributed by atoms with Crippen molar-refractivity contribution in [2.75, 3.05) is 18.6 Å². The lowest BCUT2D eigenvalue weighted by molar-refractivity contribution is -0.140. The van der Waals surface area contributed by atoms with Crippen molar-refractivity contribution in [1.82, 2.24) is 5.01 Å². The molecule has 0 atom stereocenters. The van der Waals surface area contributed by atoms with Crippen LogP contribution in [0.15, 0.2) is 24.3 Å². The first kappa shape index (κ1) is 12.0. The quantitative estimate of drug-likeness (QED) is 0.892. The van der Waals surface area contributed by atoms with E-state index in [-0.39, 0.29) is 5.91 Å². The molecule has 1 amide bonds. The second-order valence-corrected chi connectivity index (χ2v) is 5.22. The average molecular weight is 260 g/mol. The van der Waals surface area contributed by atoms with Crippen LogP contribution >= 0.6 is 0 Å². The molecule has 1 saturated carbocycles. The summed E-state index contributed by atoms with van der Waals surface area (Å²) < 4.78 is 0.